The Labute approximate surface area is 61.2 Å². The maximum absolute atomic E-state index is 8.90. The third-order valence-electron chi connectivity index (χ3n) is 2.62. The summed E-state index contributed by atoms with van der Waals surface area (Å²) in [5.74, 6) is 0.858. The zero-order valence-electron chi connectivity index (χ0n) is 6.16. The number of hydrazine groups is 1. The monoisotopic (exact) mass is 142 g/mol. The van der Waals surface area contributed by atoms with Crippen molar-refractivity contribution in [2.75, 3.05) is 26.4 Å². The molecule has 58 valence electrons. The minimum Gasteiger partial charge on any atom is -0.380 e. The van der Waals surface area contributed by atoms with Crippen molar-refractivity contribution in [3.63, 3.8) is 0 Å². The van der Waals surface area contributed by atoms with E-state index in [-0.39, 0.29) is 6.73 Å². The van der Waals surface area contributed by atoms with Gasteiger partial charge in [-0.25, -0.2) is 10.0 Å². The lowest BCUT2D eigenvalue weighted by atomic mass is 9.95. The van der Waals surface area contributed by atoms with Gasteiger partial charge in [0.05, 0.1) is 0 Å². The van der Waals surface area contributed by atoms with Gasteiger partial charge in [0.25, 0.3) is 0 Å². The third-order valence-corrected chi connectivity index (χ3v) is 2.62. The van der Waals surface area contributed by atoms with Crippen LogP contribution in [0.5, 0.6) is 0 Å². The summed E-state index contributed by atoms with van der Waals surface area (Å²) in [7, 11) is 0. The van der Waals surface area contributed by atoms with Crippen LogP contribution in [0.2, 0.25) is 0 Å². The Bertz CT molecular complexity index is 121. The van der Waals surface area contributed by atoms with Crippen molar-refractivity contribution in [3.05, 3.63) is 0 Å². The molecule has 3 saturated heterocycles. The van der Waals surface area contributed by atoms with Gasteiger partial charge in [-0.05, 0) is 18.8 Å². The average molecular weight is 142 g/mol. The van der Waals surface area contributed by atoms with Crippen LogP contribution in [0.4, 0.5) is 0 Å². The van der Waals surface area contributed by atoms with E-state index in [1.165, 1.54) is 12.8 Å². The van der Waals surface area contributed by atoms with Crippen LogP contribution in [0.15, 0.2) is 0 Å². The van der Waals surface area contributed by atoms with E-state index in [0.717, 1.165) is 25.6 Å². The second-order valence-electron chi connectivity index (χ2n) is 3.23. The second-order valence-corrected chi connectivity index (χ2v) is 3.23. The summed E-state index contributed by atoms with van der Waals surface area (Å²) in [6.45, 7) is 3.60. The normalized spacial score (nSPS) is 40.5. The Balaban J connectivity index is 2.01. The van der Waals surface area contributed by atoms with Crippen molar-refractivity contribution < 1.29 is 5.11 Å². The molecule has 0 amide bonds. The Kier molecular flexibility index (Phi) is 1.64. The number of aliphatic hydroxyl groups is 1. The van der Waals surface area contributed by atoms with Crippen molar-refractivity contribution in [3.8, 4) is 0 Å². The van der Waals surface area contributed by atoms with Gasteiger partial charge in [0.1, 0.15) is 6.73 Å². The van der Waals surface area contributed by atoms with Gasteiger partial charge in [-0.3, -0.25) is 0 Å². The number of piperidine rings is 1. The summed E-state index contributed by atoms with van der Waals surface area (Å²) in [5, 5.41) is 13.2. The number of hydrogen-bond acceptors (Lipinski definition) is 3. The van der Waals surface area contributed by atoms with Crippen LogP contribution in [0.3, 0.4) is 0 Å². The van der Waals surface area contributed by atoms with Gasteiger partial charge in [-0.2, -0.15) is 0 Å². The zero-order chi connectivity index (χ0) is 6.97. The first-order valence-corrected chi connectivity index (χ1v) is 4.01. The van der Waals surface area contributed by atoms with E-state index in [9.17, 15) is 0 Å². The van der Waals surface area contributed by atoms with Crippen LogP contribution < -0.4 is 0 Å². The number of rotatable bonds is 1. The van der Waals surface area contributed by atoms with Gasteiger partial charge in [0.2, 0.25) is 0 Å². The first kappa shape index (κ1) is 6.58. The van der Waals surface area contributed by atoms with Crippen LogP contribution in [0.1, 0.15) is 12.8 Å². The molecule has 3 heterocycles. The molecule has 0 aromatic carbocycles. The smallest absolute Gasteiger partial charge is 0.109 e. The van der Waals surface area contributed by atoms with Crippen LogP contribution in [-0.4, -0.2) is 41.5 Å². The van der Waals surface area contributed by atoms with E-state index in [4.69, 9.17) is 5.11 Å². The average Bonchev–Trinajstić information content (AvgIpc) is 2.06. The predicted octanol–water partition coefficient (Wildman–Crippen LogP) is -0.121. The van der Waals surface area contributed by atoms with Gasteiger partial charge in [-0.1, -0.05) is 0 Å². The first-order valence-electron chi connectivity index (χ1n) is 4.01. The molecule has 0 aromatic rings. The lowest BCUT2D eigenvalue weighted by molar-refractivity contribution is -0.147. The second kappa shape index (κ2) is 2.49. The van der Waals surface area contributed by atoms with Crippen molar-refractivity contribution in [1.82, 2.24) is 10.0 Å². The van der Waals surface area contributed by atoms with Gasteiger partial charge in [-0.15, -0.1) is 0 Å². The van der Waals surface area contributed by atoms with E-state index in [1.54, 1.807) is 0 Å². The summed E-state index contributed by atoms with van der Waals surface area (Å²) in [4.78, 5) is 0. The molecule has 3 fully saturated rings. The fraction of sp³-hybridized carbons (Fsp3) is 1.00. The highest BCUT2D eigenvalue weighted by atomic mass is 16.3. The fourth-order valence-electron chi connectivity index (χ4n) is 1.95. The van der Waals surface area contributed by atoms with E-state index in [2.05, 4.69) is 10.0 Å². The molecule has 0 unspecified atom stereocenters. The van der Waals surface area contributed by atoms with Crippen molar-refractivity contribution in [2.24, 2.45) is 5.92 Å². The van der Waals surface area contributed by atoms with Crippen LogP contribution >= 0.6 is 0 Å². The third kappa shape index (κ3) is 0.944. The number of aliphatic hydroxyl groups excluding tert-OH is 1. The van der Waals surface area contributed by atoms with Gasteiger partial charge >= 0.3 is 0 Å². The van der Waals surface area contributed by atoms with Crippen molar-refractivity contribution in [1.29, 1.82) is 0 Å². The summed E-state index contributed by atoms with van der Waals surface area (Å²) in [5.41, 5.74) is 0. The fourth-order valence-corrected chi connectivity index (χ4v) is 1.95. The van der Waals surface area contributed by atoms with E-state index in [1.807, 2.05) is 0 Å². The maximum atomic E-state index is 8.90. The summed E-state index contributed by atoms with van der Waals surface area (Å²) >= 11 is 0. The molecule has 3 heteroatoms. The molecular weight excluding hydrogens is 128 g/mol. The molecule has 3 rings (SSSR count). The SMILES string of the molecule is OCN1CC2CCN1CC2. The van der Waals surface area contributed by atoms with Gasteiger partial charge in [0.15, 0.2) is 0 Å². The summed E-state index contributed by atoms with van der Waals surface area (Å²) in [6, 6.07) is 0. The molecule has 1 N–H and O–H groups in total. The minimum atomic E-state index is 0.205. The highest BCUT2D eigenvalue weighted by Crippen LogP contribution is 2.25. The molecule has 2 bridgehead atoms. The number of hydrogen-bond donors (Lipinski definition) is 1. The lowest BCUT2D eigenvalue weighted by Crippen LogP contribution is -2.55. The molecular formula is C7H14N2O. The molecule has 0 saturated carbocycles. The van der Waals surface area contributed by atoms with Crippen LogP contribution in [-0.2, 0) is 0 Å². The highest BCUT2D eigenvalue weighted by Gasteiger charge is 2.30. The maximum Gasteiger partial charge on any atom is 0.109 e. The Morgan fingerprint density at radius 1 is 1.30 bits per heavy atom. The molecule has 10 heavy (non-hydrogen) atoms. The topological polar surface area (TPSA) is 26.7 Å². The quantitative estimate of drug-likeness (QED) is 0.553. The standard InChI is InChI=1S/C7H14N2O/c10-6-9-5-7-1-3-8(9)4-2-7/h7,10H,1-6H2. The number of fused-ring (bicyclic) bond motifs is 3. The molecule has 3 nitrogen and oxygen atoms in total. The molecule has 0 spiro atoms. The van der Waals surface area contributed by atoms with Crippen molar-refractivity contribution in [2.45, 2.75) is 12.8 Å². The first-order chi connectivity index (χ1) is 4.90. The molecule has 3 aliphatic rings. The van der Waals surface area contributed by atoms with E-state index < -0.39 is 0 Å². The van der Waals surface area contributed by atoms with E-state index >= 15 is 0 Å². The molecule has 0 aromatic heterocycles. The van der Waals surface area contributed by atoms with Gasteiger partial charge < -0.3 is 5.11 Å². The lowest BCUT2D eigenvalue weighted by Gasteiger charge is -2.46. The Morgan fingerprint density at radius 2 is 2.00 bits per heavy atom. The highest BCUT2D eigenvalue weighted by molar-refractivity contribution is 4.78. The van der Waals surface area contributed by atoms with Crippen molar-refractivity contribution >= 4 is 0 Å². The van der Waals surface area contributed by atoms with Gasteiger partial charge in [0, 0.05) is 19.6 Å². The zero-order valence-corrected chi connectivity index (χ0v) is 6.16. The largest absolute Gasteiger partial charge is 0.380 e. The molecule has 0 atom stereocenters. The van der Waals surface area contributed by atoms with E-state index in [0.29, 0.717) is 0 Å². The predicted molar refractivity (Wildman–Crippen MR) is 38.1 cm³/mol. The van der Waals surface area contributed by atoms with Crippen LogP contribution in [0.25, 0.3) is 0 Å². The minimum absolute atomic E-state index is 0.205. The molecule has 3 aliphatic heterocycles. The Hall–Kier alpha value is -0.120. The molecule has 0 radical (unpaired) electrons. The van der Waals surface area contributed by atoms with Crippen LogP contribution in [0, 0.1) is 5.92 Å². The molecule has 0 aliphatic carbocycles. The summed E-state index contributed by atoms with van der Waals surface area (Å²) in [6.07, 6.45) is 2.66. The Morgan fingerprint density at radius 3 is 2.30 bits per heavy atom. The number of nitrogens with zero attached hydrogens (tertiary/aromatic N) is 2. The summed E-state index contributed by atoms with van der Waals surface area (Å²) < 4.78 is 0.